The molecule has 0 bridgehead atoms. The predicted molar refractivity (Wildman–Crippen MR) is 59.3 cm³/mol. The Bertz CT molecular complexity index is 203. The lowest BCUT2D eigenvalue weighted by atomic mass is 10.3. The first-order valence-corrected chi connectivity index (χ1v) is 5.21. The van der Waals surface area contributed by atoms with E-state index in [-0.39, 0.29) is 6.61 Å². The van der Waals surface area contributed by atoms with E-state index in [1.807, 2.05) is 0 Å². The van der Waals surface area contributed by atoms with Crippen LogP contribution in [0.2, 0.25) is 0 Å². The summed E-state index contributed by atoms with van der Waals surface area (Å²) in [5.41, 5.74) is 0.318. The highest BCUT2D eigenvalue weighted by atomic mass is 16.5. The van der Waals surface area contributed by atoms with Gasteiger partial charge in [0.1, 0.15) is 0 Å². The van der Waals surface area contributed by atoms with E-state index in [1.54, 1.807) is 14.0 Å². The molecule has 0 atom stereocenters. The van der Waals surface area contributed by atoms with Crippen molar-refractivity contribution in [2.24, 2.45) is 0 Å². The number of carbonyl (C=O) groups is 1. The van der Waals surface area contributed by atoms with E-state index in [0.29, 0.717) is 38.6 Å². The van der Waals surface area contributed by atoms with Crippen molar-refractivity contribution in [3.63, 3.8) is 0 Å². The minimum atomic E-state index is -0.414. The Morgan fingerprint density at radius 3 is 2.38 bits per heavy atom. The maximum absolute atomic E-state index is 11.1. The summed E-state index contributed by atoms with van der Waals surface area (Å²) in [5, 5.41) is 0. The number of hydrogen-bond donors (Lipinski definition) is 0. The molecule has 0 fully saturated rings. The molecular weight excluding hydrogens is 212 g/mol. The Balaban J connectivity index is 3.31. The van der Waals surface area contributed by atoms with Gasteiger partial charge in [0.2, 0.25) is 0 Å². The van der Waals surface area contributed by atoms with Crippen LogP contribution in [0, 0.1) is 0 Å². The lowest BCUT2D eigenvalue weighted by Crippen LogP contribution is -2.14. The smallest absolute Gasteiger partial charge is 0.335 e. The number of esters is 1. The minimum absolute atomic E-state index is 0.173. The summed E-state index contributed by atoms with van der Waals surface area (Å²) < 4.78 is 19.9. The van der Waals surface area contributed by atoms with Crippen molar-refractivity contribution in [3.8, 4) is 0 Å². The molecule has 0 aromatic carbocycles. The number of rotatable bonds is 10. The molecule has 5 heteroatoms. The lowest BCUT2D eigenvalue weighted by molar-refractivity contribution is -0.139. The zero-order valence-electron chi connectivity index (χ0n) is 9.99. The van der Waals surface area contributed by atoms with Crippen molar-refractivity contribution >= 4 is 5.97 Å². The molecular formula is C11H20O5. The van der Waals surface area contributed by atoms with Gasteiger partial charge in [-0.05, 0) is 6.92 Å². The molecule has 0 aromatic rings. The Labute approximate surface area is 96.3 Å². The summed E-state index contributed by atoms with van der Waals surface area (Å²) in [5.74, 6) is -0.414. The second-order valence-electron chi connectivity index (χ2n) is 2.98. The van der Waals surface area contributed by atoms with E-state index >= 15 is 0 Å². The van der Waals surface area contributed by atoms with E-state index in [1.165, 1.54) is 0 Å². The first-order chi connectivity index (χ1) is 7.72. The Hall–Kier alpha value is -0.910. The van der Waals surface area contributed by atoms with Gasteiger partial charge in [-0.3, -0.25) is 0 Å². The SMILES string of the molecule is C=C(COCCOCCOC)C(=O)OCC. The van der Waals surface area contributed by atoms with Gasteiger partial charge in [0.25, 0.3) is 0 Å². The highest BCUT2D eigenvalue weighted by Crippen LogP contribution is 1.95. The topological polar surface area (TPSA) is 54.0 Å². The monoisotopic (exact) mass is 232 g/mol. The summed E-state index contributed by atoms with van der Waals surface area (Å²) in [6.45, 7) is 7.82. The van der Waals surface area contributed by atoms with Crippen molar-refractivity contribution < 1.29 is 23.7 Å². The second-order valence-corrected chi connectivity index (χ2v) is 2.98. The van der Waals surface area contributed by atoms with Crippen molar-refractivity contribution in [1.29, 1.82) is 0 Å². The Morgan fingerprint density at radius 2 is 1.75 bits per heavy atom. The maximum Gasteiger partial charge on any atom is 0.335 e. The normalized spacial score (nSPS) is 10.1. The Morgan fingerprint density at radius 1 is 1.12 bits per heavy atom. The van der Waals surface area contributed by atoms with E-state index in [2.05, 4.69) is 6.58 Å². The molecule has 0 rings (SSSR count). The molecule has 5 nitrogen and oxygen atoms in total. The molecule has 0 saturated heterocycles. The summed E-state index contributed by atoms with van der Waals surface area (Å²) in [6.07, 6.45) is 0. The van der Waals surface area contributed by atoms with E-state index in [9.17, 15) is 4.79 Å². The molecule has 0 radical (unpaired) electrons. The first kappa shape index (κ1) is 15.1. The number of hydrogen-bond acceptors (Lipinski definition) is 5. The van der Waals surface area contributed by atoms with Crippen LogP contribution in [-0.2, 0) is 23.7 Å². The summed E-state index contributed by atoms with van der Waals surface area (Å²) >= 11 is 0. The van der Waals surface area contributed by atoms with Crippen molar-refractivity contribution in [2.75, 3.05) is 46.8 Å². The third-order valence-corrected chi connectivity index (χ3v) is 1.64. The van der Waals surface area contributed by atoms with E-state index < -0.39 is 5.97 Å². The van der Waals surface area contributed by atoms with Gasteiger partial charge in [-0.2, -0.15) is 0 Å². The zero-order valence-corrected chi connectivity index (χ0v) is 9.99. The molecule has 0 N–H and O–H groups in total. The van der Waals surface area contributed by atoms with Gasteiger partial charge >= 0.3 is 5.97 Å². The molecule has 0 amide bonds. The van der Waals surface area contributed by atoms with Gasteiger partial charge in [-0.1, -0.05) is 6.58 Å². The van der Waals surface area contributed by atoms with Crippen LogP contribution in [0.15, 0.2) is 12.2 Å². The zero-order chi connectivity index (χ0) is 12.2. The van der Waals surface area contributed by atoms with Crippen LogP contribution < -0.4 is 0 Å². The largest absolute Gasteiger partial charge is 0.463 e. The van der Waals surface area contributed by atoms with Gasteiger partial charge in [0.15, 0.2) is 0 Å². The van der Waals surface area contributed by atoms with Crippen molar-refractivity contribution in [2.45, 2.75) is 6.92 Å². The standard InChI is InChI=1S/C11H20O5/c1-4-16-11(12)10(2)9-15-8-7-14-6-5-13-3/h2,4-9H2,1,3H3. The van der Waals surface area contributed by atoms with Gasteiger partial charge in [-0.15, -0.1) is 0 Å². The van der Waals surface area contributed by atoms with Crippen LogP contribution in [0.25, 0.3) is 0 Å². The van der Waals surface area contributed by atoms with Gasteiger partial charge in [0.05, 0.1) is 45.2 Å². The summed E-state index contributed by atoms with van der Waals surface area (Å²) in [4.78, 5) is 11.1. The highest BCUT2D eigenvalue weighted by molar-refractivity contribution is 5.87. The molecule has 0 heterocycles. The number of methoxy groups -OCH3 is 1. The van der Waals surface area contributed by atoms with Gasteiger partial charge < -0.3 is 18.9 Å². The van der Waals surface area contributed by atoms with Crippen LogP contribution in [-0.4, -0.2) is 52.7 Å². The van der Waals surface area contributed by atoms with Crippen LogP contribution in [0.5, 0.6) is 0 Å². The molecule has 0 aliphatic carbocycles. The van der Waals surface area contributed by atoms with E-state index in [0.717, 1.165) is 0 Å². The lowest BCUT2D eigenvalue weighted by Gasteiger charge is -2.07. The van der Waals surface area contributed by atoms with Crippen LogP contribution >= 0.6 is 0 Å². The highest BCUT2D eigenvalue weighted by Gasteiger charge is 2.06. The first-order valence-electron chi connectivity index (χ1n) is 5.21. The second kappa shape index (κ2) is 10.6. The minimum Gasteiger partial charge on any atom is -0.463 e. The molecule has 0 unspecified atom stereocenters. The van der Waals surface area contributed by atoms with Crippen LogP contribution in [0.1, 0.15) is 6.92 Å². The number of ether oxygens (including phenoxy) is 4. The molecule has 94 valence electrons. The number of carbonyl (C=O) groups excluding carboxylic acids is 1. The fourth-order valence-corrected chi connectivity index (χ4v) is 0.850. The predicted octanol–water partition coefficient (Wildman–Crippen LogP) is 0.785. The molecule has 0 aromatic heterocycles. The van der Waals surface area contributed by atoms with Crippen molar-refractivity contribution in [1.82, 2.24) is 0 Å². The van der Waals surface area contributed by atoms with Gasteiger partial charge in [0, 0.05) is 7.11 Å². The maximum atomic E-state index is 11.1. The fraction of sp³-hybridized carbons (Fsp3) is 0.727. The molecule has 0 aliphatic heterocycles. The summed E-state index contributed by atoms with van der Waals surface area (Å²) in [6, 6.07) is 0. The molecule has 0 spiro atoms. The van der Waals surface area contributed by atoms with Gasteiger partial charge in [-0.25, -0.2) is 4.79 Å². The Kier molecular flexibility index (Phi) is 10.00. The molecule has 0 saturated carbocycles. The van der Waals surface area contributed by atoms with E-state index in [4.69, 9.17) is 18.9 Å². The third kappa shape index (κ3) is 8.40. The fourth-order valence-electron chi connectivity index (χ4n) is 0.850. The summed E-state index contributed by atoms with van der Waals surface area (Å²) in [7, 11) is 1.61. The quantitative estimate of drug-likeness (QED) is 0.316. The average molecular weight is 232 g/mol. The van der Waals surface area contributed by atoms with Crippen molar-refractivity contribution in [3.05, 3.63) is 12.2 Å². The van der Waals surface area contributed by atoms with Crippen LogP contribution in [0.3, 0.4) is 0 Å². The van der Waals surface area contributed by atoms with Crippen LogP contribution in [0.4, 0.5) is 0 Å². The average Bonchev–Trinajstić information content (AvgIpc) is 2.28. The third-order valence-electron chi connectivity index (χ3n) is 1.64. The molecule has 16 heavy (non-hydrogen) atoms. The molecule has 0 aliphatic rings.